The fraction of sp³-hybridized carbons (Fsp3) is 0.480. The predicted molar refractivity (Wildman–Crippen MR) is 121 cm³/mol. The number of aromatic nitrogens is 1. The molecule has 3 aliphatic heterocycles. The third-order valence-electron chi connectivity index (χ3n) is 7.00. The van der Waals surface area contributed by atoms with Crippen LogP contribution in [-0.2, 0) is 9.53 Å². The second-order valence-electron chi connectivity index (χ2n) is 9.20. The van der Waals surface area contributed by atoms with Crippen LogP contribution in [0.2, 0.25) is 0 Å². The Morgan fingerprint density at radius 1 is 0.938 bits per heavy atom. The van der Waals surface area contributed by atoms with Crippen LogP contribution in [0.5, 0.6) is 0 Å². The molecule has 1 N–H and O–H groups in total. The quantitative estimate of drug-likeness (QED) is 0.782. The van der Waals surface area contributed by atoms with Gasteiger partial charge in [0.15, 0.2) is 0 Å². The molecule has 32 heavy (non-hydrogen) atoms. The van der Waals surface area contributed by atoms with Gasteiger partial charge < -0.3 is 19.9 Å². The Labute approximate surface area is 188 Å². The molecule has 0 spiro atoms. The number of benzene rings is 1. The van der Waals surface area contributed by atoms with Gasteiger partial charge in [-0.05, 0) is 48.1 Å². The van der Waals surface area contributed by atoms with Gasteiger partial charge in [0.05, 0.1) is 0 Å². The summed E-state index contributed by atoms with van der Waals surface area (Å²) in [7, 11) is 0. The molecule has 5 rings (SSSR count). The number of likely N-dealkylation sites (tertiary alicyclic amines) is 2. The molecule has 0 unspecified atom stereocenters. The van der Waals surface area contributed by atoms with Crippen molar-refractivity contribution in [2.75, 3.05) is 44.7 Å². The second kappa shape index (κ2) is 9.28. The Kier molecular flexibility index (Phi) is 6.08. The van der Waals surface area contributed by atoms with E-state index in [9.17, 15) is 9.59 Å². The average molecular weight is 435 g/mol. The summed E-state index contributed by atoms with van der Waals surface area (Å²) in [5.74, 6) is 1.50. The van der Waals surface area contributed by atoms with Crippen molar-refractivity contribution >= 4 is 17.6 Å². The summed E-state index contributed by atoms with van der Waals surface area (Å²) in [5, 5.41) is 2.99. The first-order chi connectivity index (χ1) is 15.7. The molecule has 0 bridgehead atoms. The van der Waals surface area contributed by atoms with Crippen molar-refractivity contribution in [1.29, 1.82) is 0 Å². The van der Waals surface area contributed by atoms with Crippen molar-refractivity contribution in [2.24, 2.45) is 5.92 Å². The van der Waals surface area contributed by atoms with E-state index >= 15 is 0 Å². The number of urea groups is 1. The number of nitrogens with one attached hydrogen (secondary N) is 1. The van der Waals surface area contributed by atoms with Crippen LogP contribution in [0.4, 0.5) is 10.5 Å². The smallest absolute Gasteiger partial charge is 0.321 e. The summed E-state index contributed by atoms with van der Waals surface area (Å²) in [5.41, 5.74) is 3.20. The molecule has 7 heteroatoms. The minimum atomic E-state index is -0.0635. The number of rotatable bonds is 5. The first-order valence-electron chi connectivity index (χ1n) is 11.6. The van der Waals surface area contributed by atoms with Crippen molar-refractivity contribution < 1.29 is 14.3 Å². The molecular weight excluding hydrogens is 404 g/mol. The summed E-state index contributed by atoms with van der Waals surface area (Å²) in [6.45, 7) is 4.58. The fourth-order valence-electron chi connectivity index (χ4n) is 4.73. The van der Waals surface area contributed by atoms with E-state index in [1.165, 1.54) is 11.1 Å². The van der Waals surface area contributed by atoms with E-state index in [0.717, 1.165) is 57.9 Å². The molecule has 0 radical (unpaired) electrons. The summed E-state index contributed by atoms with van der Waals surface area (Å²) in [6, 6.07) is 12.0. The molecule has 3 amide bonds. The number of nitrogens with zero attached hydrogens (tertiary/aromatic N) is 3. The van der Waals surface area contributed by atoms with E-state index in [1.807, 2.05) is 34.2 Å². The monoisotopic (exact) mass is 434 g/mol. The lowest BCUT2D eigenvalue weighted by Gasteiger charge is -2.40. The number of hydrogen-bond donors (Lipinski definition) is 1. The van der Waals surface area contributed by atoms with Crippen molar-refractivity contribution in [3.05, 3.63) is 59.9 Å². The zero-order valence-corrected chi connectivity index (χ0v) is 18.3. The molecule has 0 aliphatic carbocycles. The minimum Gasteiger partial charge on any atom is -0.381 e. The van der Waals surface area contributed by atoms with Crippen molar-refractivity contribution in [2.45, 2.75) is 31.1 Å². The predicted octanol–water partition coefficient (Wildman–Crippen LogP) is 3.46. The Hall–Kier alpha value is -2.93. The van der Waals surface area contributed by atoms with Crippen LogP contribution in [0, 0.1) is 5.92 Å². The lowest BCUT2D eigenvalue weighted by atomic mass is 9.89. The number of pyridine rings is 1. The van der Waals surface area contributed by atoms with Gasteiger partial charge >= 0.3 is 6.03 Å². The van der Waals surface area contributed by atoms with Crippen LogP contribution in [0.1, 0.15) is 42.2 Å². The lowest BCUT2D eigenvalue weighted by molar-refractivity contribution is -0.137. The van der Waals surface area contributed by atoms with Gasteiger partial charge in [-0.25, -0.2) is 4.79 Å². The van der Waals surface area contributed by atoms with Crippen molar-refractivity contribution in [3.8, 4) is 0 Å². The molecule has 2 aromatic rings. The average Bonchev–Trinajstić information content (AvgIpc) is 2.74. The Bertz CT molecular complexity index is 931. The van der Waals surface area contributed by atoms with Crippen LogP contribution in [0.25, 0.3) is 0 Å². The molecule has 3 aliphatic rings. The molecule has 1 aromatic carbocycles. The van der Waals surface area contributed by atoms with Gasteiger partial charge in [0.25, 0.3) is 0 Å². The highest BCUT2D eigenvalue weighted by Crippen LogP contribution is 2.31. The Balaban J connectivity index is 1.05. The normalized spacial score (nSPS) is 19.9. The third kappa shape index (κ3) is 4.63. The van der Waals surface area contributed by atoms with Gasteiger partial charge in [0.1, 0.15) is 0 Å². The van der Waals surface area contributed by atoms with Gasteiger partial charge in [0.2, 0.25) is 5.91 Å². The van der Waals surface area contributed by atoms with Crippen LogP contribution >= 0.6 is 0 Å². The highest BCUT2D eigenvalue weighted by molar-refractivity contribution is 5.90. The van der Waals surface area contributed by atoms with E-state index < -0.39 is 0 Å². The SMILES string of the molecule is O=C(CC1CCOCC1)N1CC(c2ccc(NC(=O)N3CC(c4cccnc4)C3)cc2)C1. The first kappa shape index (κ1) is 20.9. The number of carbonyl (C=O) groups excluding carboxylic acids is 2. The van der Waals surface area contributed by atoms with Gasteiger partial charge in [0, 0.05) is 75.7 Å². The summed E-state index contributed by atoms with van der Waals surface area (Å²) in [6.07, 6.45) is 6.29. The summed E-state index contributed by atoms with van der Waals surface area (Å²) in [4.78, 5) is 32.9. The molecule has 7 nitrogen and oxygen atoms in total. The number of ether oxygens (including phenoxy) is 1. The lowest BCUT2D eigenvalue weighted by Crippen LogP contribution is -2.50. The third-order valence-corrected chi connectivity index (χ3v) is 7.00. The van der Waals surface area contributed by atoms with E-state index in [4.69, 9.17) is 4.74 Å². The topological polar surface area (TPSA) is 74.8 Å². The molecule has 3 saturated heterocycles. The van der Waals surface area contributed by atoms with E-state index in [1.54, 1.807) is 6.20 Å². The van der Waals surface area contributed by atoms with Gasteiger partial charge in [-0.3, -0.25) is 9.78 Å². The number of amides is 3. The molecular formula is C25H30N4O3. The highest BCUT2D eigenvalue weighted by atomic mass is 16.5. The number of hydrogen-bond acceptors (Lipinski definition) is 4. The Morgan fingerprint density at radius 2 is 1.62 bits per heavy atom. The van der Waals surface area contributed by atoms with Crippen LogP contribution in [0.15, 0.2) is 48.8 Å². The molecule has 3 fully saturated rings. The van der Waals surface area contributed by atoms with Crippen molar-refractivity contribution in [3.63, 3.8) is 0 Å². The Morgan fingerprint density at radius 3 is 2.31 bits per heavy atom. The molecule has 4 heterocycles. The van der Waals surface area contributed by atoms with E-state index in [2.05, 4.69) is 28.5 Å². The standard InChI is InChI=1S/C25H30N4O3/c30-24(12-18-7-10-32-11-8-18)28-14-21(15-28)19-3-5-23(6-4-19)27-25(31)29-16-22(17-29)20-2-1-9-26-13-20/h1-6,9,13,18,21-22H,7-8,10-12,14-17H2,(H,27,31). The van der Waals surface area contributed by atoms with Crippen LogP contribution < -0.4 is 5.32 Å². The maximum Gasteiger partial charge on any atom is 0.321 e. The van der Waals surface area contributed by atoms with Gasteiger partial charge in [-0.1, -0.05) is 18.2 Å². The summed E-state index contributed by atoms with van der Waals surface area (Å²) >= 11 is 0. The first-order valence-corrected chi connectivity index (χ1v) is 11.6. The zero-order chi connectivity index (χ0) is 21.9. The molecule has 0 atom stereocenters. The maximum atomic E-state index is 12.5. The molecule has 1 aromatic heterocycles. The second-order valence-corrected chi connectivity index (χ2v) is 9.20. The minimum absolute atomic E-state index is 0.0635. The van der Waals surface area contributed by atoms with Gasteiger partial charge in [-0.15, -0.1) is 0 Å². The largest absolute Gasteiger partial charge is 0.381 e. The number of carbonyl (C=O) groups is 2. The fourth-order valence-corrected chi connectivity index (χ4v) is 4.73. The van der Waals surface area contributed by atoms with Crippen LogP contribution in [-0.4, -0.2) is 66.1 Å². The zero-order valence-electron chi connectivity index (χ0n) is 18.3. The summed E-state index contributed by atoms with van der Waals surface area (Å²) < 4.78 is 5.38. The van der Waals surface area contributed by atoms with Crippen LogP contribution in [0.3, 0.4) is 0 Å². The van der Waals surface area contributed by atoms with Crippen molar-refractivity contribution in [1.82, 2.24) is 14.8 Å². The molecule has 0 saturated carbocycles. The maximum absolute atomic E-state index is 12.5. The molecule has 168 valence electrons. The van der Waals surface area contributed by atoms with E-state index in [0.29, 0.717) is 24.2 Å². The van der Waals surface area contributed by atoms with E-state index in [-0.39, 0.29) is 11.9 Å². The number of anilines is 1. The van der Waals surface area contributed by atoms with Gasteiger partial charge in [-0.2, -0.15) is 0 Å². The highest BCUT2D eigenvalue weighted by Gasteiger charge is 2.33.